The Kier molecular flexibility index (Phi) is 7.58. The maximum absolute atomic E-state index is 13.1. The van der Waals surface area contributed by atoms with Crippen LogP contribution < -0.4 is 5.32 Å². The second kappa shape index (κ2) is 10.4. The molecule has 1 aromatic carbocycles. The number of aryl methyl sites for hydroxylation is 1. The average molecular weight is 412 g/mol. The molecule has 0 spiro atoms. The minimum Gasteiger partial charge on any atom is -0.337 e. The summed E-state index contributed by atoms with van der Waals surface area (Å²) < 4.78 is 13.1. The molecule has 2 aromatic rings. The Morgan fingerprint density at radius 1 is 1.27 bits per heavy atom. The van der Waals surface area contributed by atoms with Gasteiger partial charge in [-0.3, -0.25) is 14.8 Å². The summed E-state index contributed by atoms with van der Waals surface area (Å²) in [4.78, 5) is 14.4. The second-order valence-electron chi connectivity index (χ2n) is 8.28. The summed E-state index contributed by atoms with van der Waals surface area (Å²) in [6, 6.07) is 10.6. The molecule has 0 radical (unpaired) electrons. The van der Waals surface area contributed by atoms with Crippen LogP contribution in [0.15, 0.2) is 30.3 Å². The predicted octanol–water partition coefficient (Wildman–Crippen LogP) is 3.81. The van der Waals surface area contributed by atoms with Gasteiger partial charge in [-0.15, -0.1) is 0 Å². The van der Waals surface area contributed by atoms with Crippen LogP contribution in [0.5, 0.6) is 0 Å². The van der Waals surface area contributed by atoms with Crippen LogP contribution in [0, 0.1) is 17.1 Å². The van der Waals surface area contributed by atoms with Crippen LogP contribution in [0.3, 0.4) is 0 Å². The van der Waals surface area contributed by atoms with Crippen molar-refractivity contribution in [3.8, 4) is 17.3 Å². The Balaban J connectivity index is 1.42. The highest BCUT2D eigenvalue weighted by atomic mass is 19.1. The molecular weight excluding hydrogens is 381 g/mol. The molecular formula is C23H30FN5O. The summed E-state index contributed by atoms with van der Waals surface area (Å²) in [5, 5.41) is 19.9. The number of hydrogen-bond acceptors (Lipinski definition) is 4. The first-order chi connectivity index (χ1) is 14.5. The van der Waals surface area contributed by atoms with Crippen LogP contribution in [0.2, 0.25) is 0 Å². The Morgan fingerprint density at radius 2 is 1.97 bits per heavy atom. The van der Waals surface area contributed by atoms with Gasteiger partial charge >= 0.3 is 0 Å². The molecule has 0 atom stereocenters. The van der Waals surface area contributed by atoms with E-state index in [4.69, 9.17) is 0 Å². The van der Waals surface area contributed by atoms with Crippen molar-refractivity contribution in [2.75, 3.05) is 20.1 Å². The lowest BCUT2D eigenvalue weighted by Gasteiger charge is -2.27. The Morgan fingerprint density at radius 3 is 2.63 bits per heavy atom. The van der Waals surface area contributed by atoms with Gasteiger partial charge in [0.05, 0.1) is 18.3 Å². The molecule has 1 amide bonds. The molecule has 6 nitrogen and oxygen atoms in total. The van der Waals surface area contributed by atoms with E-state index < -0.39 is 5.54 Å². The Bertz CT molecular complexity index is 862. The molecule has 1 aliphatic rings. The number of nitrogens with one attached hydrogen (secondary N) is 2. The highest BCUT2D eigenvalue weighted by molar-refractivity contribution is 5.79. The standard InChI is InChI=1S/C23H30FN5O/c1-29(16-22(30)26-23(17-25)12-4-2-3-5-13-23)14-6-7-20-15-21(28-27-20)18-8-10-19(24)11-9-18/h8-11,15H,2-7,12-14,16H2,1H3,(H,26,30)(H,27,28). The highest BCUT2D eigenvalue weighted by Gasteiger charge is 2.32. The number of carbonyl (C=O) groups excluding carboxylic acids is 1. The number of nitrogens with zero attached hydrogens (tertiary/aromatic N) is 3. The van der Waals surface area contributed by atoms with E-state index in [2.05, 4.69) is 21.6 Å². The maximum Gasteiger partial charge on any atom is 0.235 e. The van der Waals surface area contributed by atoms with Crippen molar-refractivity contribution in [3.63, 3.8) is 0 Å². The molecule has 2 N–H and O–H groups in total. The smallest absolute Gasteiger partial charge is 0.235 e. The molecule has 0 saturated heterocycles. The minimum atomic E-state index is -0.693. The van der Waals surface area contributed by atoms with Crippen LogP contribution in [0.1, 0.15) is 50.6 Å². The Labute approximate surface area is 177 Å². The van der Waals surface area contributed by atoms with Crippen molar-refractivity contribution in [2.45, 2.75) is 56.9 Å². The first-order valence-electron chi connectivity index (χ1n) is 10.7. The molecule has 0 aliphatic heterocycles. The van der Waals surface area contributed by atoms with Gasteiger partial charge in [0, 0.05) is 11.3 Å². The highest BCUT2D eigenvalue weighted by Crippen LogP contribution is 2.26. The molecule has 7 heteroatoms. The first kappa shape index (κ1) is 22.0. The summed E-state index contributed by atoms with van der Waals surface area (Å²) in [5.74, 6) is -0.345. The minimum absolute atomic E-state index is 0.0823. The van der Waals surface area contributed by atoms with E-state index in [-0.39, 0.29) is 18.3 Å². The summed E-state index contributed by atoms with van der Waals surface area (Å²) in [7, 11) is 1.92. The molecule has 3 rings (SSSR count). The quantitative estimate of drug-likeness (QED) is 0.647. The molecule has 1 aromatic heterocycles. The number of benzene rings is 1. The van der Waals surface area contributed by atoms with Crippen molar-refractivity contribution >= 4 is 5.91 Å². The number of amides is 1. The van der Waals surface area contributed by atoms with Gasteiger partial charge < -0.3 is 5.32 Å². The van der Waals surface area contributed by atoms with Gasteiger partial charge in [-0.05, 0) is 69.6 Å². The zero-order valence-electron chi connectivity index (χ0n) is 17.6. The van der Waals surface area contributed by atoms with Crippen molar-refractivity contribution in [3.05, 3.63) is 41.8 Å². The number of likely N-dealkylation sites (N-methyl/N-ethyl adjacent to an activating group) is 1. The van der Waals surface area contributed by atoms with E-state index in [1.54, 1.807) is 12.1 Å². The number of hydrogen-bond donors (Lipinski definition) is 2. The monoisotopic (exact) mass is 411 g/mol. The van der Waals surface area contributed by atoms with E-state index >= 15 is 0 Å². The third kappa shape index (κ3) is 6.14. The third-order valence-corrected chi connectivity index (χ3v) is 5.72. The van der Waals surface area contributed by atoms with E-state index in [0.717, 1.165) is 74.9 Å². The zero-order valence-corrected chi connectivity index (χ0v) is 17.6. The van der Waals surface area contributed by atoms with Crippen molar-refractivity contribution in [1.82, 2.24) is 20.4 Å². The fourth-order valence-electron chi connectivity index (χ4n) is 4.03. The van der Waals surface area contributed by atoms with E-state index in [1.165, 1.54) is 12.1 Å². The lowest BCUT2D eigenvalue weighted by molar-refractivity contribution is -0.123. The van der Waals surface area contributed by atoms with E-state index in [1.807, 2.05) is 18.0 Å². The number of aromatic amines is 1. The summed E-state index contributed by atoms with van der Waals surface area (Å²) in [5.41, 5.74) is 1.98. The molecule has 0 bridgehead atoms. The van der Waals surface area contributed by atoms with Crippen molar-refractivity contribution < 1.29 is 9.18 Å². The number of nitriles is 1. The Hall–Kier alpha value is -2.72. The van der Waals surface area contributed by atoms with Gasteiger partial charge in [0.1, 0.15) is 11.4 Å². The lowest BCUT2D eigenvalue weighted by Crippen LogP contribution is -2.50. The third-order valence-electron chi connectivity index (χ3n) is 5.72. The number of halogens is 1. The maximum atomic E-state index is 13.1. The van der Waals surface area contributed by atoms with Gasteiger partial charge in [-0.1, -0.05) is 25.7 Å². The number of H-pyrrole nitrogens is 1. The molecule has 160 valence electrons. The molecule has 1 heterocycles. The summed E-state index contributed by atoms with van der Waals surface area (Å²) in [6.45, 7) is 1.05. The first-order valence-corrected chi connectivity index (χ1v) is 10.7. The number of carbonyl (C=O) groups is 1. The van der Waals surface area contributed by atoms with Gasteiger partial charge in [-0.2, -0.15) is 10.4 Å². The van der Waals surface area contributed by atoms with Crippen LogP contribution in [0.4, 0.5) is 4.39 Å². The molecule has 30 heavy (non-hydrogen) atoms. The van der Waals surface area contributed by atoms with Crippen molar-refractivity contribution in [2.24, 2.45) is 0 Å². The second-order valence-corrected chi connectivity index (χ2v) is 8.28. The molecule has 1 aliphatic carbocycles. The van der Waals surface area contributed by atoms with E-state index in [0.29, 0.717) is 0 Å². The predicted molar refractivity (Wildman–Crippen MR) is 114 cm³/mol. The molecule has 1 saturated carbocycles. The van der Waals surface area contributed by atoms with Crippen LogP contribution in [-0.2, 0) is 11.2 Å². The number of rotatable bonds is 8. The number of aromatic nitrogens is 2. The van der Waals surface area contributed by atoms with Gasteiger partial charge in [-0.25, -0.2) is 4.39 Å². The van der Waals surface area contributed by atoms with Crippen LogP contribution in [-0.4, -0.2) is 46.7 Å². The SMILES string of the molecule is CN(CCCc1cc(-c2ccc(F)cc2)n[nH]1)CC(=O)NC1(C#N)CCCCCC1. The average Bonchev–Trinajstić information content (AvgIpc) is 3.07. The molecule has 0 unspecified atom stereocenters. The van der Waals surface area contributed by atoms with Gasteiger partial charge in [0.15, 0.2) is 0 Å². The summed E-state index contributed by atoms with van der Waals surface area (Å²) in [6.07, 6.45) is 7.43. The zero-order chi connectivity index (χ0) is 21.4. The van der Waals surface area contributed by atoms with E-state index in [9.17, 15) is 14.4 Å². The molecule has 1 fully saturated rings. The fourth-order valence-corrected chi connectivity index (χ4v) is 4.03. The normalized spacial score (nSPS) is 16.1. The largest absolute Gasteiger partial charge is 0.337 e. The van der Waals surface area contributed by atoms with Gasteiger partial charge in [0.25, 0.3) is 0 Å². The van der Waals surface area contributed by atoms with Crippen LogP contribution in [0.25, 0.3) is 11.3 Å². The summed E-state index contributed by atoms with van der Waals surface area (Å²) >= 11 is 0. The lowest BCUT2D eigenvalue weighted by atomic mass is 9.92. The van der Waals surface area contributed by atoms with Crippen LogP contribution >= 0.6 is 0 Å². The van der Waals surface area contributed by atoms with Gasteiger partial charge in [0.2, 0.25) is 5.91 Å². The topological polar surface area (TPSA) is 84.8 Å². The fraction of sp³-hybridized carbons (Fsp3) is 0.522. The van der Waals surface area contributed by atoms with Crippen molar-refractivity contribution in [1.29, 1.82) is 5.26 Å².